The molecule has 1 heterocycles. The number of carbonyl (C=O) groups is 3. The molecule has 0 spiro atoms. The number of likely N-dealkylation sites (tertiary alicyclic amines) is 1. The Bertz CT molecular complexity index is 934. The average Bonchev–Trinajstić information content (AvgIpc) is 2.88. The first-order valence-electron chi connectivity index (χ1n) is 11.6. The number of hydrogen-bond acceptors (Lipinski definition) is 4. The molecule has 176 valence electrons. The number of likely N-dealkylation sites (N-methyl/N-ethyl adjacent to an activating group) is 1. The summed E-state index contributed by atoms with van der Waals surface area (Å²) in [5.74, 6) is 0.265. The zero-order valence-electron chi connectivity index (χ0n) is 19.6. The van der Waals surface area contributed by atoms with Crippen molar-refractivity contribution in [3.8, 4) is 5.75 Å². The van der Waals surface area contributed by atoms with Gasteiger partial charge >= 0.3 is 0 Å². The van der Waals surface area contributed by atoms with Crippen LogP contribution >= 0.6 is 0 Å². The Balaban J connectivity index is 1.72. The van der Waals surface area contributed by atoms with Crippen LogP contribution in [0.2, 0.25) is 0 Å². The van der Waals surface area contributed by atoms with E-state index in [0.717, 1.165) is 0 Å². The molecule has 1 saturated heterocycles. The van der Waals surface area contributed by atoms with Crippen molar-refractivity contribution in [1.82, 2.24) is 15.1 Å². The van der Waals surface area contributed by atoms with Crippen LogP contribution in [-0.2, 0) is 4.79 Å². The third-order valence-electron chi connectivity index (χ3n) is 6.30. The second kappa shape index (κ2) is 11.5. The van der Waals surface area contributed by atoms with Gasteiger partial charge < -0.3 is 19.9 Å². The predicted molar refractivity (Wildman–Crippen MR) is 127 cm³/mol. The first kappa shape index (κ1) is 24.3. The minimum absolute atomic E-state index is 0.00272. The molecule has 1 N–H and O–H groups in total. The first-order chi connectivity index (χ1) is 16.0. The number of nitrogens with zero attached hydrogens (tertiary/aromatic N) is 2. The van der Waals surface area contributed by atoms with Crippen LogP contribution in [0, 0.1) is 5.92 Å². The lowest BCUT2D eigenvalue weighted by atomic mass is 9.87. The fourth-order valence-electron chi connectivity index (χ4n) is 4.28. The molecule has 3 rings (SSSR count). The number of benzene rings is 2. The maximum Gasteiger partial charge on any atom is 0.253 e. The highest BCUT2D eigenvalue weighted by Gasteiger charge is 2.35. The van der Waals surface area contributed by atoms with Gasteiger partial charge in [-0.25, -0.2) is 0 Å². The van der Waals surface area contributed by atoms with Crippen LogP contribution in [0.25, 0.3) is 0 Å². The molecular formula is C26H33N3O4. The molecule has 0 aliphatic carbocycles. The van der Waals surface area contributed by atoms with Gasteiger partial charge in [0.2, 0.25) is 5.91 Å². The molecule has 0 bridgehead atoms. The summed E-state index contributed by atoms with van der Waals surface area (Å²) >= 11 is 0. The van der Waals surface area contributed by atoms with Gasteiger partial charge in [-0.15, -0.1) is 0 Å². The zero-order valence-corrected chi connectivity index (χ0v) is 19.6. The fourth-order valence-corrected chi connectivity index (χ4v) is 4.28. The normalized spacial score (nSPS) is 14.9. The molecule has 0 aromatic heterocycles. The summed E-state index contributed by atoms with van der Waals surface area (Å²) in [4.78, 5) is 42.7. The van der Waals surface area contributed by atoms with Crippen LogP contribution in [0.1, 0.15) is 47.4 Å². The molecule has 2 aromatic rings. The number of nitrogens with one attached hydrogen (secondary N) is 1. The summed E-state index contributed by atoms with van der Waals surface area (Å²) in [6.07, 6.45) is 1.30. The summed E-state index contributed by atoms with van der Waals surface area (Å²) in [6.45, 7) is 6.14. The Kier molecular flexibility index (Phi) is 8.46. The van der Waals surface area contributed by atoms with Gasteiger partial charge in [0, 0.05) is 37.3 Å². The molecular weight excluding hydrogens is 418 g/mol. The van der Waals surface area contributed by atoms with Crippen molar-refractivity contribution in [1.29, 1.82) is 0 Å². The quantitative estimate of drug-likeness (QED) is 0.669. The van der Waals surface area contributed by atoms with Gasteiger partial charge in [0.05, 0.1) is 7.11 Å². The van der Waals surface area contributed by atoms with Crippen LogP contribution in [0.3, 0.4) is 0 Å². The maximum absolute atomic E-state index is 13.3. The molecule has 7 heteroatoms. The minimum Gasteiger partial charge on any atom is -0.497 e. The molecule has 0 radical (unpaired) electrons. The summed E-state index contributed by atoms with van der Waals surface area (Å²) in [6, 6.07) is 15.4. The second-order valence-corrected chi connectivity index (χ2v) is 8.19. The van der Waals surface area contributed by atoms with Crippen molar-refractivity contribution in [2.75, 3.05) is 33.3 Å². The standard InChI is InChI=1S/C26H33N3O4/c1-4-28(5-2)26(32)23(27-24(30)20-11-13-22(33-3)14-12-20)19-15-17-29(18-16-19)25(31)21-9-7-6-8-10-21/h6-14,19,23H,4-5,15-18H2,1-3H3,(H,27,30). The van der Waals surface area contributed by atoms with Crippen LogP contribution in [0.5, 0.6) is 5.75 Å². The van der Waals surface area contributed by atoms with Crippen LogP contribution < -0.4 is 10.1 Å². The lowest BCUT2D eigenvalue weighted by Gasteiger charge is -2.37. The van der Waals surface area contributed by atoms with E-state index in [4.69, 9.17) is 4.74 Å². The van der Waals surface area contributed by atoms with E-state index in [1.54, 1.807) is 36.3 Å². The van der Waals surface area contributed by atoms with Gasteiger partial charge in [0.15, 0.2) is 0 Å². The van der Waals surface area contributed by atoms with Gasteiger partial charge in [-0.1, -0.05) is 18.2 Å². The van der Waals surface area contributed by atoms with Crippen molar-refractivity contribution in [2.45, 2.75) is 32.7 Å². The van der Waals surface area contributed by atoms with Gasteiger partial charge in [-0.2, -0.15) is 0 Å². The summed E-state index contributed by atoms with van der Waals surface area (Å²) in [7, 11) is 1.57. The molecule has 1 aliphatic rings. The number of amides is 3. The Morgan fingerprint density at radius 3 is 2.12 bits per heavy atom. The largest absolute Gasteiger partial charge is 0.497 e. The number of methoxy groups -OCH3 is 1. The van der Waals surface area contributed by atoms with E-state index < -0.39 is 6.04 Å². The average molecular weight is 452 g/mol. The monoisotopic (exact) mass is 451 g/mol. The SMILES string of the molecule is CCN(CC)C(=O)C(NC(=O)c1ccc(OC)cc1)C1CCN(C(=O)c2ccccc2)CC1. The highest BCUT2D eigenvalue weighted by molar-refractivity contribution is 5.98. The van der Waals surface area contributed by atoms with Gasteiger partial charge in [0.25, 0.3) is 11.8 Å². The van der Waals surface area contributed by atoms with E-state index >= 15 is 0 Å². The number of ether oxygens (including phenoxy) is 1. The van der Waals surface area contributed by atoms with Gasteiger partial charge in [-0.3, -0.25) is 14.4 Å². The lowest BCUT2D eigenvalue weighted by molar-refractivity contribution is -0.134. The topological polar surface area (TPSA) is 79.0 Å². The van der Waals surface area contributed by atoms with E-state index in [1.807, 2.05) is 49.1 Å². The highest BCUT2D eigenvalue weighted by Crippen LogP contribution is 2.24. The highest BCUT2D eigenvalue weighted by atomic mass is 16.5. The van der Waals surface area contributed by atoms with Crippen LogP contribution in [0.15, 0.2) is 54.6 Å². The van der Waals surface area contributed by atoms with Gasteiger partial charge in [-0.05, 0) is 69.0 Å². The Morgan fingerprint density at radius 1 is 0.970 bits per heavy atom. The molecule has 1 fully saturated rings. The minimum atomic E-state index is -0.631. The van der Waals surface area contributed by atoms with Crippen molar-refractivity contribution < 1.29 is 19.1 Å². The van der Waals surface area contributed by atoms with Crippen molar-refractivity contribution in [2.24, 2.45) is 5.92 Å². The summed E-state index contributed by atoms with van der Waals surface area (Å²) in [5.41, 5.74) is 1.14. The van der Waals surface area contributed by atoms with Crippen molar-refractivity contribution >= 4 is 17.7 Å². The zero-order chi connectivity index (χ0) is 23.8. The summed E-state index contributed by atoms with van der Waals surface area (Å²) in [5, 5.41) is 2.99. The maximum atomic E-state index is 13.3. The summed E-state index contributed by atoms with van der Waals surface area (Å²) < 4.78 is 5.16. The third-order valence-corrected chi connectivity index (χ3v) is 6.30. The molecule has 0 saturated carbocycles. The van der Waals surface area contributed by atoms with E-state index in [1.165, 1.54) is 0 Å². The van der Waals surface area contributed by atoms with E-state index in [2.05, 4.69) is 5.32 Å². The van der Waals surface area contributed by atoms with Crippen LogP contribution in [-0.4, -0.2) is 66.9 Å². The van der Waals surface area contributed by atoms with E-state index in [-0.39, 0.29) is 23.6 Å². The number of rotatable bonds is 8. The van der Waals surface area contributed by atoms with Gasteiger partial charge in [0.1, 0.15) is 11.8 Å². The Hall–Kier alpha value is -3.35. The lowest BCUT2D eigenvalue weighted by Crippen LogP contribution is -2.54. The fraction of sp³-hybridized carbons (Fsp3) is 0.423. The van der Waals surface area contributed by atoms with E-state index in [0.29, 0.717) is 55.9 Å². The number of hydrogen-bond donors (Lipinski definition) is 1. The van der Waals surface area contributed by atoms with Crippen molar-refractivity contribution in [3.05, 3.63) is 65.7 Å². The second-order valence-electron chi connectivity index (χ2n) is 8.19. The number of carbonyl (C=O) groups excluding carboxylic acids is 3. The Labute approximate surface area is 195 Å². The molecule has 33 heavy (non-hydrogen) atoms. The molecule has 1 unspecified atom stereocenters. The predicted octanol–water partition coefficient (Wildman–Crippen LogP) is 3.21. The molecule has 1 atom stereocenters. The third kappa shape index (κ3) is 5.92. The van der Waals surface area contributed by atoms with E-state index in [9.17, 15) is 14.4 Å². The molecule has 2 aromatic carbocycles. The van der Waals surface area contributed by atoms with Crippen molar-refractivity contribution in [3.63, 3.8) is 0 Å². The number of piperidine rings is 1. The molecule has 7 nitrogen and oxygen atoms in total. The smallest absolute Gasteiger partial charge is 0.253 e. The Morgan fingerprint density at radius 2 is 1.58 bits per heavy atom. The first-order valence-corrected chi connectivity index (χ1v) is 11.6. The van der Waals surface area contributed by atoms with Crippen LogP contribution in [0.4, 0.5) is 0 Å². The molecule has 1 aliphatic heterocycles. The molecule has 3 amide bonds.